The van der Waals surface area contributed by atoms with E-state index in [0.717, 1.165) is 45.1 Å². The number of urea groups is 1. The third-order valence-electron chi connectivity index (χ3n) is 5.49. The Morgan fingerprint density at radius 2 is 1.95 bits per heavy atom. The molecule has 1 aliphatic heterocycles. The van der Waals surface area contributed by atoms with E-state index in [0.29, 0.717) is 11.8 Å². The van der Waals surface area contributed by atoms with Crippen molar-refractivity contribution in [3.05, 3.63) is 0 Å². The molecule has 1 aliphatic carbocycles. The van der Waals surface area contributed by atoms with Gasteiger partial charge in [-0.3, -0.25) is 10.1 Å². The highest BCUT2D eigenvalue weighted by Crippen LogP contribution is 2.40. The summed E-state index contributed by atoms with van der Waals surface area (Å²) in [5, 5.41) is 2.58. The molecule has 1 unspecified atom stereocenters. The maximum absolute atomic E-state index is 12.4. The van der Waals surface area contributed by atoms with Crippen molar-refractivity contribution >= 4 is 11.9 Å². The average Bonchev–Trinajstić information content (AvgIpc) is 2.70. The Kier molecular flexibility index (Phi) is 5.28. The number of amides is 3. The highest BCUT2D eigenvalue weighted by Gasteiger charge is 2.53. The Morgan fingerprint density at radius 3 is 2.52 bits per heavy atom. The molecule has 120 valence electrons. The molecule has 1 spiro atoms. The average molecular weight is 294 g/mol. The molecule has 21 heavy (non-hydrogen) atoms. The largest absolute Gasteiger partial charge is 0.325 e. The topological polar surface area (TPSA) is 49.4 Å². The highest BCUT2D eigenvalue weighted by atomic mass is 16.2. The number of hydrogen-bond donors (Lipinski definition) is 1. The van der Waals surface area contributed by atoms with Crippen LogP contribution < -0.4 is 5.32 Å². The first-order chi connectivity index (χ1) is 10.0. The fourth-order valence-electron chi connectivity index (χ4n) is 3.77. The molecule has 3 amide bonds. The molecule has 0 radical (unpaired) electrons. The lowest BCUT2D eigenvalue weighted by molar-refractivity contribution is -0.128. The Morgan fingerprint density at radius 1 is 1.29 bits per heavy atom. The number of nitrogens with zero attached hydrogens (tertiary/aromatic N) is 1. The van der Waals surface area contributed by atoms with Gasteiger partial charge in [-0.2, -0.15) is 0 Å². The number of unbranched alkanes of at least 4 members (excludes halogenated alkanes) is 1. The number of imide groups is 1. The minimum atomic E-state index is -0.538. The second kappa shape index (κ2) is 6.80. The first-order valence-corrected chi connectivity index (χ1v) is 8.66. The Hall–Kier alpha value is -1.06. The van der Waals surface area contributed by atoms with Crippen LogP contribution in [0.2, 0.25) is 0 Å². The number of carbonyl (C=O) groups is 2. The smallest absolute Gasteiger partial charge is 0.309 e. The number of rotatable bonds is 6. The fraction of sp³-hybridized carbons (Fsp3) is 0.882. The summed E-state index contributed by atoms with van der Waals surface area (Å²) in [7, 11) is 0. The van der Waals surface area contributed by atoms with E-state index >= 15 is 0 Å². The monoisotopic (exact) mass is 294 g/mol. The van der Waals surface area contributed by atoms with Gasteiger partial charge in [-0.25, -0.2) is 4.79 Å². The van der Waals surface area contributed by atoms with Crippen LogP contribution in [0.4, 0.5) is 4.79 Å². The zero-order valence-corrected chi connectivity index (χ0v) is 13.8. The fourth-order valence-corrected chi connectivity index (χ4v) is 3.77. The normalized spacial score (nSPS) is 30.8. The summed E-state index contributed by atoms with van der Waals surface area (Å²) in [5.41, 5.74) is -0.538. The van der Waals surface area contributed by atoms with Gasteiger partial charge < -0.3 is 4.90 Å². The molecule has 0 aromatic carbocycles. The van der Waals surface area contributed by atoms with Gasteiger partial charge in [0.15, 0.2) is 0 Å². The van der Waals surface area contributed by atoms with E-state index in [4.69, 9.17) is 0 Å². The van der Waals surface area contributed by atoms with Crippen molar-refractivity contribution in [1.82, 2.24) is 10.2 Å². The van der Waals surface area contributed by atoms with Crippen molar-refractivity contribution in [1.29, 1.82) is 0 Å². The molecule has 2 rings (SSSR count). The quantitative estimate of drug-likeness (QED) is 0.759. The molecule has 1 heterocycles. The lowest BCUT2D eigenvalue weighted by atomic mass is 9.76. The molecule has 0 aromatic rings. The predicted molar refractivity (Wildman–Crippen MR) is 83.9 cm³/mol. The summed E-state index contributed by atoms with van der Waals surface area (Å²) in [6.07, 6.45) is 8.36. The molecule has 1 atom stereocenters. The van der Waals surface area contributed by atoms with Crippen molar-refractivity contribution in [2.45, 2.75) is 77.7 Å². The molecule has 4 nitrogen and oxygen atoms in total. The predicted octanol–water partition coefficient (Wildman–Crippen LogP) is 3.70. The summed E-state index contributed by atoms with van der Waals surface area (Å²) >= 11 is 0. The van der Waals surface area contributed by atoms with E-state index in [1.54, 1.807) is 0 Å². The van der Waals surface area contributed by atoms with Gasteiger partial charge in [0.2, 0.25) is 0 Å². The molecule has 4 heteroatoms. The molecule has 2 fully saturated rings. The molecule has 1 saturated carbocycles. The lowest BCUT2D eigenvalue weighted by Crippen LogP contribution is -2.53. The summed E-state index contributed by atoms with van der Waals surface area (Å²) in [6.45, 7) is 7.36. The van der Waals surface area contributed by atoms with Crippen LogP contribution in [0.25, 0.3) is 0 Å². The maximum Gasteiger partial charge on any atom is 0.325 e. The summed E-state index contributed by atoms with van der Waals surface area (Å²) in [6, 6.07) is -0.162. The molecule has 0 bridgehead atoms. The van der Waals surface area contributed by atoms with Crippen molar-refractivity contribution in [2.24, 2.45) is 11.8 Å². The third kappa shape index (κ3) is 3.24. The van der Waals surface area contributed by atoms with E-state index in [1.807, 2.05) is 4.90 Å². The second-order valence-corrected chi connectivity index (χ2v) is 7.00. The van der Waals surface area contributed by atoms with E-state index < -0.39 is 5.54 Å². The van der Waals surface area contributed by atoms with Crippen LogP contribution >= 0.6 is 0 Å². The van der Waals surface area contributed by atoms with Gasteiger partial charge in [-0.05, 0) is 43.9 Å². The first-order valence-electron chi connectivity index (χ1n) is 8.66. The molecule has 2 aliphatic rings. The van der Waals surface area contributed by atoms with E-state index in [2.05, 4.69) is 26.1 Å². The summed E-state index contributed by atoms with van der Waals surface area (Å²) in [5.74, 6) is 1.13. The van der Waals surface area contributed by atoms with Crippen LogP contribution in [-0.2, 0) is 4.79 Å². The SMILES string of the molecule is CCCCC(CC)CN1C(=O)NC(=O)C12CCC(C)CC2. The maximum atomic E-state index is 12.4. The highest BCUT2D eigenvalue weighted by molar-refractivity contribution is 6.07. The van der Waals surface area contributed by atoms with Gasteiger partial charge >= 0.3 is 6.03 Å². The standard InChI is InChI=1S/C17H30N2O2/c1-4-6-7-14(5-2)12-19-16(21)18-15(20)17(19)10-8-13(3)9-11-17/h13-14H,4-12H2,1-3H3,(H,18,20,21). The second-order valence-electron chi connectivity index (χ2n) is 7.00. The van der Waals surface area contributed by atoms with Gasteiger partial charge in [-0.1, -0.05) is 40.0 Å². The third-order valence-corrected chi connectivity index (χ3v) is 5.49. The van der Waals surface area contributed by atoms with Crippen LogP contribution in [0.1, 0.15) is 72.1 Å². The van der Waals surface area contributed by atoms with E-state index in [-0.39, 0.29) is 11.9 Å². The number of carbonyl (C=O) groups excluding carboxylic acids is 2. The summed E-state index contributed by atoms with van der Waals surface area (Å²) in [4.78, 5) is 26.5. The van der Waals surface area contributed by atoms with Crippen LogP contribution in [0.3, 0.4) is 0 Å². The van der Waals surface area contributed by atoms with Crippen molar-refractivity contribution < 1.29 is 9.59 Å². The zero-order chi connectivity index (χ0) is 15.5. The van der Waals surface area contributed by atoms with Crippen LogP contribution in [0.15, 0.2) is 0 Å². The molecule has 1 saturated heterocycles. The van der Waals surface area contributed by atoms with Crippen molar-refractivity contribution in [3.8, 4) is 0 Å². The zero-order valence-electron chi connectivity index (χ0n) is 13.8. The van der Waals surface area contributed by atoms with Gasteiger partial charge in [0.25, 0.3) is 5.91 Å². The number of nitrogens with one attached hydrogen (secondary N) is 1. The minimum absolute atomic E-state index is 0.0512. The molecule has 1 N–H and O–H groups in total. The molecule has 0 aromatic heterocycles. The Bertz CT molecular complexity index is 386. The van der Waals surface area contributed by atoms with Crippen molar-refractivity contribution in [2.75, 3.05) is 6.54 Å². The first kappa shape index (κ1) is 16.3. The van der Waals surface area contributed by atoms with Crippen LogP contribution in [0, 0.1) is 11.8 Å². The van der Waals surface area contributed by atoms with Gasteiger partial charge in [0.05, 0.1) is 0 Å². The van der Waals surface area contributed by atoms with E-state index in [1.165, 1.54) is 12.8 Å². The number of hydrogen-bond acceptors (Lipinski definition) is 2. The molecular formula is C17H30N2O2. The summed E-state index contributed by atoms with van der Waals surface area (Å²) < 4.78 is 0. The minimum Gasteiger partial charge on any atom is -0.309 e. The lowest BCUT2D eigenvalue weighted by Gasteiger charge is -2.41. The van der Waals surface area contributed by atoms with E-state index in [9.17, 15) is 9.59 Å². The van der Waals surface area contributed by atoms with Gasteiger partial charge in [0.1, 0.15) is 5.54 Å². The van der Waals surface area contributed by atoms with Gasteiger partial charge in [0, 0.05) is 6.54 Å². The van der Waals surface area contributed by atoms with Crippen LogP contribution in [-0.4, -0.2) is 28.9 Å². The van der Waals surface area contributed by atoms with Crippen molar-refractivity contribution in [3.63, 3.8) is 0 Å². The molecular weight excluding hydrogens is 264 g/mol. The Balaban J connectivity index is 2.10. The Labute approximate surface area is 128 Å². The van der Waals surface area contributed by atoms with Gasteiger partial charge in [-0.15, -0.1) is 0 Å². The van der Waals surface area contributed by atoms with Crippen LogP contribution in [0.5, 0.6) is 0 Å².